The molecular formula is C16H19BrO2. The number of fused-ring (bicyclic) bond motifs is 1. The molecule has 102 valence electrons. The lowest BCUT2D eigenvalue weighted by Crippen LogP contribution is -2.16. The molecule has 0 spiro atoms. The average molecular weight is 323 g/mol. The van der Waals surface area contributed by atoms with E-state index in [1.165, 1.54) is 6.42 Å². The smallest absolute Gasteiger partial charge is 0.170 e. The van der Waals surface area contributed by atoms with Crippen LogP contribution in [0.2, 0.25) is 0 Å². The third-order valence-corrected chi connectivity index (χ3v) is 5.55. The van der Waals surface area contributed by atoms with Crippen LogP contribution >= 0.6 is 15.9 Å². The van der Waals surface area contributed by atoms with Gasteiger partial charge in [0.05, 0.1) is 12.7 Å². The number of Topliss-reactive ketones (excluding diaryl/α,β-unsaturated/α-hetero) is 1. The maximum atomic E-state index is 12.8. The molecule has 0 N–H and O–H groups in total. The summed E-state index contributed by atoms with van der Waals surface area (Å²) in [6, 6.07) is 2.02. The van der Waals surface area contributed by atoms with Gasteiger partial charge in [0, 0.05) is 10.4 Å². The third kappa shape index (κ3) is 2.12. The number of methoxy groups -OCH3 is 1. The monoisotopic (exact) mass is 322 g/mol. The molecule has 1 aromatic rings. The summed E-state index contributed by atoms with van der Waals surface area (Å²) < 4.78 is 6.49. The largest absolute Gasteiger partial charge is 0.496 e. The summed E-state index contributed by atoms with van der Waals surface area (Å²) in [5.74, 6) is 2.91. The van der Waals surface area contributed by atoms with E-state index in [-0.39, 0.29) is 11.7 Å². The Balaban J connectivity index is 2.00. The summed E-state index contributed by atoms with van der Waals surface area (Å²) in [5, 5.41) is 0. The van der Waals surface area contributed by atoms with E-state index in [9.17, 15) is 4.79 Å². The second kappa shape index (κ2) is 4.62. The maximum Gasteiger partial charge on any atom is 0.170 e. The van der Waals surface area contributed by atoms with Crippen LogP contribution in [0.1, 0.15) is 40.7 Å². The van der Waals surface area contributed by atoms with E-state index in [1.54, 1.807) is 7.11 Å². The number of rotatable bonds is 3. The minimum Gasteiger partial charge on any atom is -0.496 e. The normalized spacial score (nSPS) is 28.1. The quantitative estimate of drug-likeness (QED) is 0.775. The molecule has 19 heavy (non-hydrogen) atoms. The van der Waals surface area contributed by atoms with Crippen LogP contribution in [0.3, 0.4) is 0 Å². The zero-order valence-electron chi connectivity index (χ0n) is 11.6. The van der Waals surface area contributed by atoms with Crippen LogP contribution in [0.4, 0.5) is 0 Å². The molecule has 0 bridgehead atoms. The third-order valence-electron chi connectivity index (χ3n) is 4.73. The molecule has 2 fully saturated rings. The number of carbonyl (C=O) groups is 1. The SMILES string of the molecule is COc1c(C)cc(Br)c(C)c1C(=O)C1CC2CC2C1. The minimum atomic E-state index is 0.213. The van der Waals surface area contributed by atoms with Gasteiger partial charge >= 0.3 is 0 Å². The number of hydrogen-bond donors (Lipinski definition) is 0. The van der Waals surface area contributed by atoms with Crippen LogP contribution in [-0.2, 0) is 0 Å². The number of halogens is 1. The first-order chi connectivity index (χ1) is 9.02. The molecule has 2 aliphatic rings. The zero-order valence-corrected chi connectivity index (χ0v) is 13.2. The molecule has 3 rings (SSSR count). The predicted octanol–water partition coefficient (Wildman–Crippen LogP) is 4.30. The Morgan fingerprint density at radius 2 is 1.89 bits per heavy atom. The van der Waals surface area contributed by atoms with Crippen LogP contribution in [0.5, 0.6) is 5.75 Å². The number of benzene rings is 1. The molecule has 0 heterocycles. The summed E-state index contributed by atoms with van der Waals surface area (Å²) in [5.41, 5.74) is 2.82. The summed E-state index contributed by atoms with van der Waals surface area (Å²) in [6.45, 7) is 3.99. The van der Waals surface area contributed by atoms with Crippen molar-refractivity contribution < 1.29 is 9.53 Å². The molecule has 2 saturated carbocycles. The molecule has 2 aliphatic carbocycles. The Morgan fingerprint density at radius 1 is 1.26 bits per heavy atom. The summed E-state index contributed by atoms with van der Waals surface area (Å²) in [7, 11) is 1.65. The Bertz CT molecular complexity index is 540. The minimum absolute atomic E-state index is 0.213. The molecular weight excluding hydrogens is 304 g/mol. The average Bonchev–Trinajstić information content (AvgIpc) is 2.99. The van der Waals surface area contributed by atoms with Crippen molar-refractivity contribution in [2.75, 3.05) is 7.11 Å². The second-order valence-corrected chi connectivity index (χ2v) is 6.85. The molecule has 0 saturated heterocycles. The van der Waals surface area contributed by atoms with Crippen LogP contribution in [0.15, 0.2) is 10.5 Å². The van der Waals surface area contributed by atoms with Crippen LogP contribution < -0.4 is 4.74 Å². The van der Waals surface area contributed by atoms with Crippen molar-refractivity contribution in [2.45, 2.75) is 33.1 Å². The van der Waals surface area contributed by atoms with Crippen molar-refractivity contribution in [1.29, 1.82) is 0 Å². The highest BCUT2D eigenvalue weighted by atomic mass is 79.9. The number of ether oxygens (including phenoxy) is 1. The van der Waals surface area contributed by atoms with E-state index in [4.69, 9.17) is 4.74 Å². The van der Waals surface area contributed by atoms with Crippen molar-refractivity contribution in [1.82, 2.24) is 0 Å². The fraction of sp³-hybridized carbons (Fsp3) is 0.562. The Hall–Kier alpha value is -0.830. The maximum absolute atomic E-state index is 12.8. The highest BCUT2D eigenvalue weighted by Gasteiger charge is 2.48. The Kier molecular flexibility index (Phi) is 3.20. The van der Waals surface area contributed by atoms with Gasteiger partial charge in [0.1, 0.15) is 5.75 Å². The number of carbonyl (C=O) groups excluding carboxylic acids is 1. The van der Waals surface area contributed by atoms with Gasteiger partial charge in [-0.15, -0.1) is 0 Å². The standard InChI is InChI=1S/C16H19BrO2/c1-8-4-13(17)9(2)14(16(8)19-3)15(18)12-6-10-5-11(10)7-12/h4,10-12H,5-7H2,1-3H3. The number of hydrogen-bond acceptors (Lipinski definition) is 2. The second-order valence-electron chi connectivity index (χ2n) is 6.00. The number of ketones is 1. The van der Waals surface area contributed by atoms with Crippen molar-refractivity contribution >= 4 is 21.7 Å². The summed E-state index contributed by atoms with van der Waals surface area (Å²) >= 11 is 3.55. The van der Waals surface area contributed by atoms with Gasteiger partial charge in [0.2, 0.25) is 0 Å². The highest BCUT2D eigenvalue weighted by molar-refractivity contribution is 9.10. The first-order valence-electron chi connectivity index (χ1n) is 6.90. The first-order valence-corrected chi connectivity index (χ1v) is 7.70. The van der Waals surface area contributed by atoms with Crippen molar-refractivity contribution in [2.24, 2.45) is 17.8 Å². The molecule has 2 nitrogen and oxygen atoms in total. The van der Waals surface area contributed by atoms with E-state index in [0.29, 0.717) is 0 Å². The molecule has 0 amide bonds. The summed E-state index contributed by atoms with van der Waals surface area (Å²) in [6.07, 6.45) is 3.51. The van der Waals surface area contributed by atoms with E-state index in [1.807, 2.05) is 19.9 Å². The van der Waals surface area contributed by atoms with Gasteiger partial charge in [-0.2, -0.15) is 0 Å². The topological polar surface area (TPSA) is 26.3 Å². The molecule has 0 aromatic heterocycles. The van der Waals surface area contributed by atoms with Gasteiger partial charge in [-0.1, -0.05) is 15.9 Å². The molecule has 2 unspecified atom stereocenters. The lowest BCUT2D eigenvalue weighted by Gasteiger charge is -2.18. The van der Waals surface area contributed by atoms with Gasteiger partial charge in [-0.05, 0) is 62.1 Å². The van der Waals surface area contributed by atoms with E-state index >= 15 is 0 Å². The van der Waals surface area contributed by atoms with Gasteiger partial charge in [0.15, 0.2) is 5.78 Å². The molecule has 3 heteroatoms. The predicted molar refractivity (Wildman–Crippen MR) is 78.8 cm³/mol. The fourth-order valence-corrected chi connectivity index (χ4v) is 4.09. The van der Waals surface area contributed by atoms with Crippen molar-refractivity contribution in [3.8, 4) is 5.75 Å². The van der Waals surface area contributed by atoms with Gasteiger partial charge in [-0.3, -0.25) is 4.79 Å². The van der Waals surface area contributed by atoms with E-state index < -0.39 is 0 Å². The van der Waals surface area contributed by atoms with E-state index in [0.717, 1.165) is 51.6 Å². The molecule has 2 atom stereocenters. The fourth-order valence-electron chi connectivity index (χ4n) is 3.54. The van der Waals surface area contributed by atoms with Crippen molar-refractivity contribution in [3.05, 3.63) is 27.2 Å². The van der Waals surface area contributed by atoms with Gasteiger partial charge in [-0.25, -0.2) is 0 Å². The van der Waals surface area contributed by atoms with Crippen molar-refractivity contribution in [3.63, 3.8) is 0 Å². The molecule has 0 aliphatic heterocycles. The van der Waals surface area contributed by atoms with Crippen LogP contribution in [-0.4, -0.2) is 12.9 Å². The van der Waals surface area contributed by atoms with Crippen LogP contribution in [0.25, 0.3) is 0 Å². The first kappa shape index (κ1) is 13.2. The van der Waals surface area contributed by atoms with E-state index in [2.05, 4.69) is 15.9 Å². The summed E-state index contributed by atoms with van der Waals surface area (Å²) in [4.78, 5) is 12.8. The molecule has 1 aromatic carbocycles. The van der Waals surface area contributed by atoms with Gasteiger partial charge in [0.25, 0.3) is 0 Å². The Morgan fingerprint density at radius 3 is 2.47 bits per heavy atom. The lowest BCUT2D eigenvalue weighted by molar-refractivity contribution is 0.0910. The van der Waals surface area contributed by atoms with Crippen LogP contribution in [0, 0.1) is 31.6 Å². The zero-order chi connectivity index (χ0) is 13.7. The van der Waals surface area contributed by atoms with Gasteiger partial charge < -0.3 is 4.74 Å². The number of aryl methyl sites for hydroxylation is 1. The highest BCUT2D eigenvalue weighted by Crippen LogP contribution is 2.55. The Labute approximate surface area is 122 Å². The lowest BCUT2D eigenvalue weighted by atomic mass is 9.89. The molecule has 0 radical (unpaired) electrons.